The second-order valence-electron chi connectivity index (χ2n) is 6.19. The van der Waals surface area contributed by atoms with E-state index >= 15 is 0 Å². The maximum atomic E-state index is 12.2. The third-order valence-corrected chi connectivity index (χ3v) is 10.1. The minimum atomic E-state index is -2.40. The molecule has 29 heavy (non-hydrogen) atoms. The molecule has 0 aliphatic carbocycles. The molecule has 2 nitrogen and oxygen atoms in total. The van der Waals surface area contributed by atoms with Crippen LogP contribution in [-0.4, -0.2) is 12.2 Å². The molecule has 0 saturated carbocycles. The van der Waals surface area contributed by atoms with Crippen molar-refractivity contribution in [3.63, 3.8) is 0 Å². The summed E-state index contributed by atoms with van der Waals surface area (Å²) in [5, 5.41) is 6.53. The summed E-state index contributed by atoms with van der Waals surface area (Å²) in [7, 11) is -2.40. The molecular formula is C23H22Cl2NOPS. The summed E-state index contributed by atoms with van der Waals surface area (Å²) < 4.78 is 0.597. The number of amides is 1. The Morgan fingerprint density at radius 1 is 0.793 bits per heavy atom. The Labute approximate surface area is 188 Å². The van der Waals surface area contributed by atoms with Gasteiger partial charge in [0, 0.05) is 6.92 Å². The van der Waals surface area contributed by atoms with E-state index in [1.54, 1.807) is 0 Å². The van der Waals surface area contributed by atoms with E-state index < -0.39 is 7.26 Å². The lowest BCUT2D eigenvalue weighted by Crippen LogP contribution is -3.00. The Bertz CT molecular complexity index is 869. The van der Waals surface area contributed by atoms with Gasteiger partial charge in [-0.05, 0) is 42.7 Å². The van der Waals surface area contributed by atoms with Crippen LogP contribution < -0.4 is 33.6 Å². The average Bonchev–Trinajstić information content (AvgIpc) is 2.75. The molecule has 0 fully saturated rings. The molecule has 0 aromatic heterocycles. The zero-order valence-corrected chi connectivity index (χ0v) is 19.4. The number of halogens is 2. The van der Waals surface area contributed by atoms with E-state index in [1.165, 1.54) is 18.7 Å². The summed E-state index contributed by atoms with van der Waals surface area (Å²) in [6.45, 7) is 1.53. The SMILES string of the molecule is CS/C(Cl)=C(/NC(C)=O)[P+](c1ccccc1)(c1ccccc1)c1ccccc1.[Cl-]. The standard InChI is InChI=1S/C23H21ClNOPS.ClH/c1-18(26)25-23(22(24)28-2)27(19-12-6-3-7-13-19,20-14-8-4-9-15-20)21-16-10-5-11-17-21;/h3-17H,1-2H3;1H/b23-22-;. The molecule has 3 aromatic rings. The van der Waals surface area contributed by atoms with Crippen molar-refractivity contribution in [3.8, 4) is 0 Å². The molecule has 0 saturated heterocycles. The maximum Gasteiger partial charge on any atom is 0.223 e. The zero-order chi connectivity index (χ0) is 20.0. The molecule has 1 amide bonds. The first kappa shape index (κ1) is 23.5. The van der Waals surface area contributed by atoms with Crippen molar-refractivity contribution < 1.29 is 17.2 Å². The van der Waals surface area contributed by atoms with Crippen LogP contribution in [0.25, 0.3) is 0 Å². The number of benzene rings is 3. The number of hydrogen-bond donors (Lipinski definition) is 1. The van der Waals surface area contributed by atoms with E-state index in [2.05, 4.69) is 41.7 Å². The fourth-order valence-electron chi connectivity index (χ4n) is 3.32. The van der Waals surface area contributed by atoms with Gasteiger partial charge in [-0.25, -0.2) is 0 Å². The highest BCUT2D eigenvalue weighted by molar-refractivity contribution is 8.05. The van der Waals surface area contributed by atoms with Crippen LogP contribution in [0.15, 0.2) is 101 Å². The molecule has 3 aromatic carbocycles. The summed E-state index contributed by atoms with van der Waals surface area (Å²) in [5.41, 5.74) is 0.776. The molecule has 0 aliphatic rings. The van der Waals surface area contributed by atoms with Gasteiger partial charge in [-0.15, -0.1) is 11.8 Å². The minimum absolute atomic E-state index is 0. The Kier molecular flexibility index (Phi) is 8.79. The van der Waals surface area contributed by atoms with Crippen LogP contribution in [0.5, 0.6) is 0 Å². The van der Waals surface area contributed by atoms with Crippen molar-refractivity contribution in [1.82, 2.24) is 5.32 Å². The predicted octanol–water partition coefficient (Wildman–Crippen LogP) is 1.85. The molecule has 1 N–H and O–H groups in total. The summed E-state index contributed by atoms with van der Waals surface area (Å²) in [6.07, 6.45) is 1.93. The third-order valence-electron chi connectivity index (χ3n) is 4.43. The smallest absolute Gasteiger partial charge is 0.223 e. The fraction of sp³-hybridized carbons (Fsp3) is 0.0870. The van der Waals surface area contributed by atoms with E-state index in [1.807, 2.05) is 60.9 Å². The first-order chi connectivity index (χ1) is 13.6. The molecule has 3 rings (SSSR count). The number of nitrogens with one attached hydrogen (secondary N) is 1. The molecule has 0 spiro atoms. The normalized spacial score (nSPS) is 11.8. The molecular weight excluding hydrogens is 440 g/mol. The van der Waals surface area contributed by atoms with Gasteiger partial charge in [0.15, 0.2) is 7.26 Å². The molecule has 0 bridgehead atoms. The second-order valence-corrected chi connectivity index (χ2v) is 10.9. The Morgan fingerprint density at radius 3 is 1.41 bits per heavy atom. The summed E-state index contributed by atoms with van der Waals surface area (Å²) in [6, 6.07) is 31.0. The van der Waals surface area contributed by atoms with Gasteiger partial charge in [0.1, 0.15) is 20.3 Å². The highest BCUT2D eigenvalue weighted by Crippen LogP contribution is 2.63. The molecule has 0 heterocycles. The lowest BCUT2D eigenvalue weighted by molar-refractivity contribution is -0.118. The van der Waals surface area contributed by atoms with Gasteiger partial charge in [0.25, 0.3) is 0 Å². The fourth-order valence-corrected chi connectivity index (χ4v) is 8.79. The Hall–Kier alpha value is -1.77. The molecule has 0 unspecified atom stereocenters. The van der Waals surface area contributed by atoms with Crippen molar-refractivity contribution >= 4 is 52.4 Å². The average molecular weight is 462 g/mol. The van der Waals surface area contributed by atoms with Crippen LogP contribution in [0.2, 0.25) is 0 Å². The Morgan fingerprint density at radius 2 is 1.14 bits per heavy atom. The Balaban J connectivity index is 0.00000300. The first-order valence-corrected chi connectivity index (χ1v) is 12.3. The molecule has 0 radical (unpaired) electrons. The predicted molar refractivity (Wildman–Crippen MR) is 125 cm³/mol. The number of thioether (sulfide) groups is 1. The van der Waals surface area contributed by atoms with Crippen LogP contribution in [-0.2, 0) is 4.79 Å². The van der Waals surface area contributed by atoms with Crippen LogP contribution >= 0.6 is 30.6 Å². The quantitative estimate of drug-likeness (QED) is 0.567. The maximum absolute atomic E-state index is 12.2. The van der Waals surface area contributed by atoms with Crippen molar-refractivity contribution in [3.05, 3.63) is 101 Å². The van der Waals surface area contributed by atoms with Gasteiger partial charge in [-0.1, -0.05) is 66.2 Å². The van der Waals surface area contributed by atoms with Crippen LogP contribution in [0.1, 0.15) is 6.92 Å². The van der Waals surface area contributed by atoms with E-state index in [0.717, 1.165) is 21.4 Å². The number of carbonyl (C=O) groups excluding carboxylic acids is 1. The summed E-state index contributed by atoms with van der Waals surface area (Å²) in [4.78, 5) is 12.2. The van der Waals surface area contributed by atoms with Crippen molar-refractivity contribution in [2.45, 2.75) is 6.92 Å². The van der Waals surface area contributed by atoms with Gasteiger partial charge >= 0.3 is 0 Å². The van der Waals surface area contributed by atoms with Crippen LogP contribution in [0.4, 0.5) is 0 Å². The largest absolute Gasteiger partial charge is 1.00 e. The minimum Gasteiger partial charge on any atom is -1.00 e. The van der Waals surface area contributed by atoms with Crippen molar-refractivity contribution in [2.75, 3.05) is 6.26 Å². The van der Waals surface area contributed by atoms with Crippen molar-refractivity contribution in [2.24, 2.45) is 0 Å². The highest BCUT2D eigenvalue weighted by atomic mass is 35.5. The van der Waals surface area contributed by atoms with Crippen LogP contribution in [0, 0.1) is 0 Å². The first-order valence-electron chi connectivity index (χ1n) is 8.88. The molecule has 6 heteroatoms. The number of carbonyl (C=O) groups is 1. The van der Waals surface area contributed by atoms with Crippen LogP contribution in [0.3, 0.4) is 0 Å². The van der Waals surface area contributed by atoms with Gasteiger partial charge in [0.05, 0.1) is 0 Å². The van der Waals surface area contributed by atoms with Gasteiger partial charge in [0.2, 0.25) is 11.3 Å². The van der Waals surface area contributed by atoms with E-state index in [9.17, 15) is 4.79 Å². The van der Waals surface area contributed by atoms with E-state index in [0.29, 0.717) is 4.36 Å². The third kappa shape index (κ3) is 4.87. The summed E-state index contributed by atoms with van der Waals surface area (Å²) in [5.74, 6) is -0.130. The van der Waals surface area contributed by atoms with Gasteiger partial charge in [-0.2, -0.15) is 0 Å². The lowest BCUT2D eigenvalue weighted by Gasteiger charge is -2.29. The van der Waals surface area contributed by atoms with E-state index in [-0.39, 0.29) is 18.3 Å². The van der Waals surface area contributed by atoms with E-state index in [4.69, 9.17) is 11.6 Å². The van der Waals surface area contributed by atoms with Gasteiger partial charge < -0.3 is 12.4 Å². The molecule has 0 aliphatic heterocycles. The summed E-state index contributed by atoms with van der Waals surface area (Å²) >= 11 is 8.21. The topological polar surface area (TPSA) is 29.1 Å². The lowest BCUT2D eigenvalue weighted by atomic mass is 10.4. The number of hydrogen-bond acceptors (Lipinski definition) is 2. The highest BCUT2D eigenvalue weighted by Gasteiger charge is 2.51. The number of rotatable bonds is 6. The zero-order valence-electron chi connectivity index (χ0n) is 16.2. The molecule has 150 valence electrons. The second kappa shape index (κ2) is 10.8. The van der Waals surface area contributed by atoms with Gasteiger partial charge in [-0.3, -0.25) is 10.1 Å². The monoisotopic (exact) mass is 461 g/mol. The molecule has 0 atom stereocenters. The van der Waals surface area contributed by atoms with Crippen molar-refractivity contribution in [1.29, 1.82) is 0 Å².